The molecule has 2 aromatic rings. The molecule has 1 aliphatic rings. The maximum Gasteiger partial charge on any atom is 0.255 e. The zero-order valence-electron chi connectivity index (χ0n) is 11.9. The Morgan fingerprint density at radius 1 is 1.25 bits per heavy atom. The van der Waals surface area contributed by atoms with Gasteiger partial charge in [-0.05, 0) is 62.5 Å². The van der Waals surface area contributed by atoms with Gasteiger partial charge in [0.25, 0.3) is 5.56 Å². The molecule has 0 aliphatic carbocycles. The van der Waals surface area contributed by atoms with E-state index in [9.17, 15) is 4.79 Å². The molecule has 0 spiro atoms. The number of pyridine rings is 1. The van der Waals surface area contributed by atoms with Gasteiger partial charge >= 0.3 is 0 Å². The van der Waals surface area contributed by atoms with Crippen molar-refractivity contribution in [3.8, 4) is 0 Å². The highest BCUT2D eigenvalue weighted by Gasteiger charge is 2.20. The fraction of sp³-hybridized carbons (Fsp3) is 0.438. The SMILES string of the molecule is CCN(c1ccc2c(=O)[nH]ccc2c1)C1CCNCC1. The number of anilines is 1. The molecule has 1 fully saturated rings. The molecule has 1 aromatic carbocycles. The number of piperidine rings is 1. The van der Waals surface area contributed by atoms with Crippen LogP contribution in [0.1, 0.15) is 19.8 Å². The Morgan fingerprint density at radius 3 is 2.80 bits per heavy atom. The predicted molar refractivity (Wildman–Crippen MR) is 83.5 cm³/mol. The van der Waals surface area contributed by atoms with E-state index in [2.05, 4.69) is 34.3 Å². The van der Waals surface area contributed by atoms with Crippen LogP contribution in [0, 0.1) is 0 Å². The van der Waals surface area contributed by atoms with E-state index in [1.807, 2.05) is 12.1 Å². The van der Waals surface area contributed by atoms with Crippen molar-refractivity contribution < 1.29 is 0 Å². The van der Waals surface area contributed by atoms with Crippen LogP contribution in [-0.2, 0) is 0 Å². The van der Waals surface area contributed by atoms with E-state index in [-0.39, 0.29) is 5.56 Å². The topological polar surface area (TPSA) is 48.1 Å². The van der Waals surface area contributed by atoms with Gasteiger partial charge in [-0.3, -0.25) is 4.79 Å². The molecule has 1 saturated heterocycles. The summed E-state index contributed by atoms with van der Waals surface area (Å²) in [5.41, 5.74) is 1.21. The van der Waals surface area contributed by atoms with Crippen molar-refractivity contribution in [2.75, 3.05) is 24.5 Å². The smallest absolute Gasteiger partial charge is 0.255 e. The van der Waals surface area contributed by atoms with Crippen molar-refractivity contribution in [2.24, 2.45) is 0 Å². The summed E-state index contributed by atoms with van der Waals surface area (Å²) in [7, 11) is 0. The molecule has 3 rings (SSSR count). The first-order valence-corrected chi connectivity index (χ1v) is 7.38. The molecule has 0 atom stereocenters. The number of hydrogen-bond acceptors (Lipinski definition) is 3. The van der Waals surface area contributed by atoms with Crippen LogP contribution in [-0.4, -0.2) is 30.7 Å². The first kappa shape index (κ1) is 13.2. The molecule has 0 saturated carbocycles. The van der Waals surface area contributed by atoms with Gasteiger partial charge in [0.05, 0.1) is 0 Å². The highest BCUT2D eigenvalue weighted by atomic mass is 16.1. The van der Waals surface area contributed by atoms with Crippen molar-refractivity contribution in [1.82, 2.24) is 10.3 Å². The molecule has 20 heavy (non-hydrogen) atoms. The molecule has 4 heteroatoms. The van der Waals surface area contributed by atoms with Crippen LogP contribution >= 0.6 is 0 Å². The van der Waals surface area contributed by atoms with Gasteiger partial charge in [-0.15, -0.1) is 0 Å². The second kappa shape index (κ2) is 5.67. The Morgan fingerprint density at radius 2 is 2.05 bits per heavy atom. The average Bonchev–Trinajstić information content (AvgIpc) is 2.49. The molecule has 106 valence electrons. The van der Waals surface area contributed by atoms with Crippen LogP contribution in [0.4, 0.5) is 5.69 Å². The third kappa shape index (κ3) is 2.43. The number of fused-ring (bicyclic) bond motifs is 1. The van der Waals surface area contributed by atoms with Gasteiger partial charge < -0.3 is 15.2 Å². The fourth-order valence-corrected chi connectivity index (χ4v) is 3.13. The van der Waals surface area contributed by atoms with Gasteiger partial charge in [-0.2, -0.15) is 0 Å². The summed E-state index contributed by atoms with van der Waals surface area (Å²) in [6.45, 7) is 5.38. The van der Waals surface area contributed by atoms with Crippen LogP contribution in [0.2, 0.25) is 0 Å². The summed E-state index contributed by atoms with van der Waals surface area (Å²) in [6.07, 6.45) is 4.08. The zero-order chi connectivity index (χ0) is 13.9. The highest BCUT2D eigenvalue weighted by Crippen LogP contribution is 2.24. The Bertz CT molecular complexity index is 643. The predicted octanol–water partition coefficient (Wildman–Crippen LogP) is 2.11. The quantitative estimate of drug-likeness (QED) is 0.899. The molecule has 1 aliphatic heterocycles. The molecule has 0 unspecified atom stereocenters. The van der Waals surface area contributed by atoms with Crippen molar-refractivity contribution in [2.45, 2.75) is 25.8 Å². The van der Waals surface area contributed by atoms with E-state index in [1.54, 1.807) is 6.20 Å². The normalized spacial score (nSPS) is 16.4. The van der Waals surface area contributed by atoms with Gasteiger partial charge in [-0.25, -0.2) is 0 Å². The number of nitrogens with one attached hydrogen (secondary N) is 2. The van der Waals surface area contributed by atoms with Crippen LogP contribution in [0.5, 0.6) is 0 Å². The van der Waals surface area contributed by atoms with Gasteiger partial charge in [0.15, 0.2) is 0 Å². The Labute approximate surface area is 118 Å². The minimum absolute atomic E-state index is 0.0148. The summed E-state index contributed by atoms with van der Waals surface area (Å²) in [5, 5.41) is 5.18. The average molecular weight is 271 g/mol. The number of H-pyrrole nitrogens is 1. The second-order valence-electron chi connectivity index (χ2n) is 5.35. The molecular weight excluding hydrogens is 250 g/mol. The zero-order valence-corrected chi connectivity index (χ0v) is 11.9. The molecule has 2 heterocycles. The highest BCUT2D eigenvalue weighted by molar-refractivity contribution is 5.85. The number of aromatic nitrogens is 1. The van der Waals surface area contributed by atoms with Gasteiger partial charge in [0, 0.05) is 29.9 Å². The third-order valence-corrected chi connectivity index (χ3v) is 4.18. The van der Waals surface area contributed by atoms with Crippen molar-refractivity contribution >= 4 is 16.5 Å². The van der Waals surface area contributed by atoms with E-state index < -0.39 is 0 Å². The van der Waals surface area contributed by atoms with E-state index in [1.165, 1.54) is 18.5 Å². The lowest BCUT2D eigenvalue weighted by atomic mass is 10.0. The van der Waals surface area contributed by atoms with Crippen molar-refractivity contribution in [3.05, 3.63) is 40.8 Å². The lowest BCUT2D eigenvalue weighted by Crippen LogP contribution is -2.43. The maximum absolute atomic E-state index is 11.8. The van der Waals surface area contributed by atoms with Gasteiger partial charge in [0.2, 0.25) is 0 Å². The minimum Gasteiger partial charge on any atom is -0.369 e. The standard InChI is InChI=1S/C16H21N3O/c1-2-19(13-6-8-17-9-7-13)14-3-4-15-12(11-14)5-10-18-16(15)20/h3-5,10-11,13,17H,2,6-9H2,1H3,(H,18,20). The lowest BCUT2D eigenvalue weighted by Gasteiger charge is -2.35. The van der Waals surface area contributed by atoms with E-state index in [0.717, 1.165) is 30.4 Å². The van der Waals surface area contributed by atoms with Gasteiger partial charge in [-0.1, -0.05) is 0 Å². The third-order valence-electron chi connectivity index (χ3n) is 4.18. The summed E-state index contributed by atoms with van der Waals surface area (Å²) in [4.78, 5) is 16.9. The first-order valence-electron chi connectivity index (χ1n) is 7.38. The van der Waals surface area contributed by atoms with Gasteiger partial charge in [0.1, 0.15) is 0 Å². The second-order valence-corrected chi connectivity index (χ2v) is 5.35. The summed E-state index contributed by atoms with van der Waals surface area (Å²) in [5.74, 6) is 0. The van der Waals surface area contributed by atoms with Crippen LogP contribution in [0.15, 0.2) is 35.3 Å². The molecule has 2 N–H and O–H groups in total. The first-order chi connectivity index (χ1) is 9.79. The summed E-state index contributed by atoms with van der Waals surface area (Å²) < 4.78 is 0. The lowest BCUT2D eigenvalue weighted by molar-refractivity contribution is 0.433. The van der Waals surface area contributed by atoms with Crippen LogP contribution in [0.25, 0.3) is 10.8 Å². The summed E-state index contributed by atoms with van der Waals surface area (Å²) in [6, 6.07) is 8.71. The van der Waals surface area contributed by atoms with E-state index in [4.69, 9.17) is 0 Å². The van der Waals surface area contributed by atoms with Crippen molar-refractivity contribution in [3.63, 3.8) is 0 Å². The number of benzene rings is 1. The number of hydrogen-bond donors (Lipinski definition) is 2. The number of nitrogens with zero attached hydrogens (tertiary/aromatic N) is 1. The molecule has 0 bridgehead atoms. The molecule has 0 radical (unpaired) electrons. The van der Waals surface area contributed by atoms with Crippen LogP contribution in [0.3, 0.4) is 0 Å². The number of aromatic amines is 1. The van der Waals surface area contributed by atoms with Crippen molar-refractivity contribution in [1.29, 1.82) is 0 Å². The molecule has 4 nitrogen and oxygen atoms in total. The Hall–Kier alpha value is -1.81. The Kier molecular flexibility index (Phi) is 3.74. The largest absolute Gasteiger partial charge is 0.369 e. The molecule has 1 aromatic heterocycles. The Balaban J connectivity index is 1.97. The van der Waals surface area contributed by atoms with E-state index >= 15 is 0 Å². The molecule has 0 amide bonds. The monoisotopic (exact) mass is 271 g/mol. The maximum atomic E-state index is 11.8. The summed E-state index contributed by atoms with van der Waals surface area (Å²) >= 11 is 0. The molecular formula is C16H21N3O. The minimum atomic E-state index is -0.0148. The fourth-order valence-electron chi connectivity index (χ4n) is 3.13. The van der Waals surface area contributed by atoms with E-state index in [0.29, 0.717) is 6.04 Å². The number of rotatable bonds is 3. The van der Waals surface area contributed by atoms with Crippen LogP contribution < -0.4 is 15.8 Å².